The second kappa shape index (κ2) is 7.75. The highest BCUT2D eigenvalue weighted by atomic mass is 16.3. The van der Waals surface area contributed by atoms with Gasteiger partial charge >= 0.3 is 5.95 Å². The van der Waals surface area contributed by atoms with Crippen molar-refractivity contribution in [3.8, 4) is 0 Å². The van der Waals surface area contributed by atoms with E-state index in [-0.39, 0.29) is 0 Å². The normalized spacial score (nSPS) is 19.5. The Morgan fingerprint density at radius 1 is 1.08 bits per heavy atom. The highest BCUT2D eigenvalue weighted by Gasteiger charge is 2.50. The molecule has 24 heavy (non-hydrogen) atoms. The molecule has 0 saturated carbocycles. The Labute approximate surface area is 144 Å². The van der Waals surface area contributed by atoms with Crippen LogP contribution in [-0.2, 0) is 12.3 Å². The number of rotatable bonds is 8. The van der Waals surface area contributed by atoms with Gasteiger partial charge in [-0.15, -0.1) is 0 Å². The fourth-order valence-corrected chi connectivity index (χ4v) is 3.52. The third-order valence-electron chi connectivity index (χ3n) is 4.85. The van der Waals surface area contributed by atoms with Crippen LogP contribution in [0.1, 0.15) is 51.0 Å². The van der Waals surface area contributed by atoms with Crippen molar-refractivity contribution in [2.45, 2.75) is 57.7 Å². The first kappa shape index (κ1) is 16.9. The number of unbranched alkanes of at least 4 members (excludes halogenated alkanes) is 5. The first-order valence-electron chi connectivity index (χ1n) is 9.15. The largest absolute Gasteiger partial charge is 0.396 e. The van der Waals surface area contributed by atoms with Gasteiger partial charge in [-0.1, -0.05) is 74.3 Å². The molecule has 2 aromatic rings. The van der Waals surface area contributed by atoms with Crippen LogP contribution in [0.15, 0.2) is 48.8 Å². The first-order chi connectivity index (χ1) is 11.8. The Kier molecular flexibility index (Phi) is 5.46. The van der Waals surface area contributed by atoms with E-state index in [1.54, 1.807) is 6.20 Å². The molecule has 0 amide bonds. The molecule has 1 aliphatic heterocycles. The number of hydrogen-bond donors (Lipinski definition) is 1. The van der Waals surface area contributed by atoms with Crippen LogP contribution < -0.4 is 9.47 Å². The second-order valence-electron chi connectivity index (χ2n) is 6.65. The van der Waals surface area contributed by atoms with E-state index in [0.717, 1.165) is 24.5 Å². The molecular weight excluding hydrogens is 298 g/mol. The summed E-state index contributed by atoms with van der Waals surface area (Å²) >= 11 is 0. The molecule has 4 nitrogen and oxygen atoms in total. The molecular formula is C20H28N3O+. The lowest BCUT2D eigenvalue weighted by atomic mass is 10.0. The molecule has 1 aromatic carbocycles. The summed E-state index contributed by atoms with van der Waals surface area (Å²) in [5.41, 5.74) is -0.0760. The fourth-order valence-electron chi connectivity index (χ4n) is 3.52. The van der Waals surface area contributed by atoms with Gasteiger partial charge in [-0.25, -0.2) is 9.47 Å². The Hall–Kier alpha value is -1.94. The van der Waals surface area contributed by atoms with Crippen molar-refractivity contribution in [3.63, 3.8) is 0 Å². The van der Waals surface area contributed by atoms with Gasteiger partial charge in [0.15, 0.2) is 0 Å². The quantitative estimate of drug-likeness (QED) is 0.597. The number of anilines is 1. The molecule has 4 heteroatoms. The third kappa shape index (κ3) is 3.44. The first-order valence-corrected chi connectivity index (χ1v) is 9.15. The number of nitrogens with zero attached hydrogens (tertiary/aromatic N) is 3. The zero-order valence-corrected chi connectivity index (χ0v) is 14.6. The Morgan fingerprint density at radius 2 is 1.83 bits per heavy atom. The number of benzene rings is 1. The smallest absolute Gasteiger partial charge is 0.353 e. The van der Waals surface area contributed by atoms with Crippen LogP contribution in [0.25, 0.3) is 0 Å². The molecule has 0 aliphatic carbocycles. The van der Waals surface area contributed by atoms with Gasteiger partial charge in [0.05, 0.1) is 12.7 Å². The predicted octanol–water partition coefficient (Wildman–Crippen LogP) is 3.39. The van der Waals surface area contributed by atoms with Gasteiger partial charge in [0.25, 0.3) is 0 Å². The summed E-state index contributed by atoms with van der Waals surface area (Å²) in [6, 6.07) is 11.9. The average Bonchev–Trinajstić information content (AvgIpc) is 2.92. The summed E-state index contributed by atoms with van der Waals surface area (Å²) in [5, 5.41) is 11.4. The van der Waals surface area contributed by atoms with Crippen molar-refractivity contribution in [3.05, 3.63) is 54.4 Å². The standard InChI is InChI=1S/C20H28N3O/c1-2-3-4-5-6-10-16-23-19-21-14-11-15-22(19)17-20(23,24)18-12-8-7-9-13-18/h7-9,11-15,24H,2-6,10,16-17H2,1H3/q+1. The maximum atomic E-state index is 11.4. The van der Waals surface area contributed by atoms with E-state index in [2.05, 4.69) is 16.8 Å². The summed E-state index contributed by atoms with van der Waals surface area (Å²) in [5.74, 6) is 0.859. The third-order valence-corrected chi connectivity index (χ3v) is 4.85. The van der Waals surface area contributed by atoms with Gasteiger partial charge < -0.3 is 5.11 Å². The van der Waals surface area contributed by atoms with E-state index in [0.29, 0.717) is 6.54 Å². The molecule has 2 heterocycles. The van der Waals surface area contributed by atoms with E-state index >= 15 is 0 Å². The zero-order chi connectivity index (χ0) is 16.8. The van der Waals surface area contributed by atoms with Crippen LogP contribution in [0.5, 0.6) is 0 Å². The summed E-state index contributed by atoms with van der Waals surface area (Å²) < 4.78 is 2.05. The van der Waals surface area contributed by atoms with Gasteiger partial charge in [-0.05, 0) is 6.42 Å². The monoisotopic (exact) mass is 326 g/mol. The van der Waals surface area contributed by atoms with Crippen LogP contribution >= 0.6 is 0 Å². The van der Waals surface area contributed by atoms with Crippen molar-refractivity contribution in [1.29, 1.82) is 0 Å². The molecule has 0 spiro atoms. The molecule has 0 fully saturated rings. The van der Waals surface area contributed by atoms with Crippen LogP contribution in [-0.4, -0.2) is 16.6 Å². The van der Waals surface area contributed by atoms with E-state index in [1.165, 1.54) is 32.1 Å². The van der Waals surface area contributed by atoms with Gasteiger partial charge in [-0.3, -0.25) is 0 Å². The van der Waals surface area contributed by atoms with Gasteiger partial charge in [0, 0.05) is 11.6 Å². The number of fused-ring (bicyclic) bond motifs is 1. The molecule has 0 bridgehead atoms. The minimum Gasteiger partial charge on any atom is -0.353 e. The molecule has 1 unspecified atom stereocenters. The van der Waals surface area contributed by atoms with E-state index in [4.69, 9.17) is 0 Å². The minimum atomic E-state index is -1.01. The highest BCUT2D eigenvalue weighted by molar-refractivity contribution is 5.37. The van der Waals surface area contributed by atoms with Gasteiger partial charge in [-0.2, -0.15) is 0 Å². The lowest BCUT2D eigenvalue weighted by molar-refractivity contribution is -0.685. The Balaban J connectivity index is 1.74. The van der Waals surface area contributed by atoms with Crippen molar-refractivity contribution in [2.24, 2.45) is 0 Å². The van der Waals surface area contributed by atoms with E-state index in [9.17, 15) is 5.11 Å². The van der Waals surface area contributed by atoms with Crippen molar-refractivity contribution in [2.75, 3.05) is 11.4 Å². The molecule has 128 valence electrons. The van der Waals surface area contributed by atoms with Gasteiger partial charge in [0.1, 0.15) is 12.7 Å². The van der Waals surface area contributed by atoms with Crippen LogP contribution in [0.4, 0.5) is 5.95 Å². The minimum absolute atomic E-state index is 0.524. The summed E-state index contributed by atoms with van der Waals surface area (Å²) in [4.78, 5) is 6.59. The molecule has 1 N–H and O–H groups in total. The summed E-state index contributed by atoms with van der Waals surface area (Å²) in [7, 11) is 0. The summed E-state index contributed by atoms with van der Waals surface area (Å²) in [6.07, 6.45) is 11.3. The van der Waals surface area contributed by atoms with Crippen molar-refractivity contribution in [1.82, 2.24) is 4.98 Å². The van der Waals surface area contributed by atoms with Crippen LogP contribution in [0.3, 0.4) is 0 Å². The van der Waals surface area contributed by atoms with Gasteiger partial charge in [0.2, 0.25) is 5.72 Å². The SMILES string of the molecule is CCCCCCCCN1c2nccc[n+]2CC1(O)c1ccccc1. The zero-order valence-electron chi connectivity index (χ0n) is 14.6. The molecule has 1 atom stereocenters. The molecule has 1 aliphatic rings. The number of aliphatic hydroxyl groups is 1. The lowest BCUT2D eigenvalue weighted by Crippen LogP contribution is -2.46. The maximum Gasteiger partial charge on any atom is 0.396 e. The second-order valence-corrected chi connectivity index (χ2v) is 6.65. The Bertz CT molecular complexity index is 646. The topological polar surface area (TPSA) is 40.2 Å². The summed E-state index contributed by atoms with van der Waals surface area (Å²) in [6.45, 7) is 3.59. The molecule has 0 radical (unpaired) electrons. The van der Waals surface area contributed by atoms with E-state index in [1.807, 2.05) is 47.2 Å². The molecule has 0 saturated heterocycles. The van der Waals surface area contributed by atoms with Crippen molar-refractivity contribution >= 4 is 5.95 Å². The predicted molar refractivity (Wildman–Crippen MR) is 95.5 cm³/mol. The van der Waals surface area contributed by atoms with Crippen molar-refractivity contribution < 1.29 is 9.67 Å². The number of hydrogen-bond acceptors (Lipinski definition) is 3. The Morgan fingerprint density at radius 3 is 2.62 bits per heavy atom. The fraction of sp³-hybridized carbons (Fsp3) is 0.500. The molecule has 1 aromatic heterocycles. The maximum absolute atomic E-state index is 11.4. The number of aromatic nitrogens is 2. The van der Waals surface area contributed by atoms with Crippen LogP contribution in [0.2, 0.25) is 0 Å². The lowest BCUT2D eigenvalue weighted by Gasteiger charge is -2.28. The average molecular weight is 326 g/mol. The molecule has 3 rings (SSSR count). The van der Waals surface area contributed by atoms with E-state index < -0.39 is 5.72 Å². The highest BCUT2D eigenvalue weighted by Crippen LogP contribution is 2.33. The van der Waals surface area contributed by atoms with Crippen LogP contribution in [0, 0.1) is 0 Å².